The molecule has 1 heterocycles. The van der Waals surface area contributed by atoms with Gasteiger partial charge in [-0.05, 0) is 93.5 Å². The van der Waals surface area contributed by atoms with Gasteiger partial charge in [0.15, 0.2) is 6.61 Å². The Bertz CT molecular complexity index is 1030. The smallest absolute Gasteiger partial charge is 0.328 e. The van der Waals surface area contributed by atoms with Crippen LogP contribution in [0.5, 0.6) is 0 Å². The van der Waals surface area contributed by atoms with Crippen LogP contribution in [-0.4, -0.2) is 59.5 Å². The summed E-state index contributed by atoms with van der Waals surface area (Å²) in [4.78, 5) is 31.6. The molecular formula is C29H40N2O5. The van der Waals surface area contributed by atoms with Gasteiger partial charge in [0.05, 0.1) is 12.8 Å². The van der Waals surface area contributed by atoms with Gasteiger partial charge in [-0.3, -0.25) is 4.79 Å². The standard InChI is InChI=1S/C29H40N2O5/c1-5-29(34)15-12-23-21-9-8-19-17-20(10-13-27(19,2)22(21)11-14-28(23,29)3)30-36-18-25(32)31-16-6-7-24(31)26(33)35-4/h1,17,21-24,34H,6-16,18H2,2-4H3/b30-20-/t21-,22+,23-,24-,27+,28+,29-/m1/s1. The largest absolute Gasteiger partial charge is 0.467 e. The summed E-state index contributed by atoms with van der Waals surface area (Å²) in [6.45, 7) is 5.03. The quantitative estimate of drug-likeness (QED) is 0.363. The topological polar surface area (TPSA) is 88.4 Å². The molecule has 7 heteroatoms. The highest BCUT2D eigenvalue weighted by Crippen LogP contribution is 2.67. The summed E-state index contributed by atoms with van der Waals surface area (Å²) < 4.78 is 4.83. The van der Waals surface area contributed by atoms with Crippen LogP contribution < -0.4 is 0 Å². The van der Waals surface area contributed by atoms with Crippen molar-refractivity contribution >= 4 is 17.6 Å². The number of rotatable bonds is 4. The molecule has 0 aromatic rings. The van der Waals surface area contributed by atoms with Crippen molar-refractivity contribution in [2.24, 2.45) is 33.7 Å². The van der Waals surface area contributed by atoms with E-state index in [0.717, 1.165) is 63.5 Å². The molecule has 7 atom stereocenters. The fourth-order valence-electron chi connectivity index (χ4n) is 8.60. The molecule has 7 nitrogen and oxygen atoms in total. The van der Waals surface area contributed by atoms with Crippen LogP contribution in [0.3, 0.4) is 0 Å². The minimum absolute atomic E-state index is 0.138. The monoisotopic (exact) mass is 496 g/mol. The van der Waals surface area contributed by atoms with E-state index in [1.165, 1.54) is 12.7 Å². The molecule has 0 bridgehead atoms. The minimum Gasteiger partial charge on any atom is -0.467 e. The lowest BCUT2D eigenvalue weighted by Crippen LogP contribution is -2.54. The maximum Gasteiger partial charge on any atom is 0.328 e. The molecule has 1 amide bonds. The molecule has 196 valence electrons. The molecule has 3 saturated carbocycles. The molecule has 1 N–H and O–H groups in total. The number of esters is 1. The Hall–Kier alpha value is -2.33. The maximum absolute atomic E-state index is 12.6. The number of carbonyl (C=O) groups is 2. The second kappa shape index (κ2) is 9.20. The van der Waals surface area contributed by atoms with Crippen LogP contribution in [-0.2, 0) is 19.2 Å². The van der Waals surface area contributed by atoms with Crippen LogP contribution in [0.4, 0.5) is 0 Å². The Morgan fingerprint density at radius 2 is 1.94 bits per heavy atom. The third-order valence-electron chi connectivity index (χ3n) is 10.8. The first kappa shape index (κ1) is 25.3. The van der Waals surface area contributed by atoms with Gasteiger partial charge >= 0.3 is 5.97 Å². The van der Waals surface area contributed by atoms with Gasteiger partial charge in [-0.1, -0.05) is 30.5 Å². The number of likely N-dealkylation sites (tertiary alicyclic amines) is 1. The molecule has 4 aliphatic carbocycles. The summed E-state index contributed by atoms with van der Waals surface area (Å²) >= 11 is 0. The number of aliphatic hydroxyl groups is 1. The van der Waals surface area contributed by atoms with E-state index in [1.807, 2.05) is 0 Å². The lowest BCUT2D eigenvalue weighted by molar-refractivity contribution is -0.152. The Balaban J connectivity index is 1.24. The molecule has 1 saturated heterocycles. The van der Waals surface area contributed by atoms with Crippen LogP contribution in [0.15, 0.2) is 16.8 Å². The molecule has 0 radical (unpaired) electrons. The van der Waals surface area contributed by atoms with Gasteiger partial charge in [0.2, 0.25) is 0 Å². The predicted molar refractivity (Wildman–Crippen MR) is 136 cm³/mol. The van der Waals surface area contributed by atoms with Crippen molar-refractivity contribution in [3.63, 3.8) is 0 Å². The summed E-state index contributed by atoms with van der Waals surface area (Å²) in [5, 5.41) is 15.5. The molecule has 5 rings (SSSR count). The zero-order valence-corrected chi connectivity index (χ0v) is 21.9. The molecule has 5 aliphatic rings. The highest BCUT2D eigenvalue weighted by atomic mass is 16.6. The number of ether oxygens (including phenoxy) is 1. The van der Waals surface area contributed by atoms with Gasteiger partial charge in [0.25, 0.3) is 5.91 Å². The van der Waals surface area contributed by atoms with Crippen molar-refractivity contribution in [1.82, 2.24) is 4.90 Å². The summed E-state index contributed by atoms with van der Waals surface area (Å²) in [7, 11) is 1.35. The van der Waals surface area contributed by atoms with E-state index in [-0.39, 0.29) is 29.3 Å². The molecular weight excluding hydrogens is 456 g/mol. The van der Waals surface area contributed by atoms with Gasteiger partial charge in [0, 0.05) is 12.0 Å². The molecule has 0 spiro atoms. The van der Waals surface area contributed by atoms with Gasteiger partial charge in [-0.15, -0.1) is 6.42 Å². The third kappa shape index (κ3) is 3.79. The predicted octanol–water partition coefficient (Wildman–Crippen LogP) is 3.85. The van der Waals surface area contributed by atoms with E-state index < -0.39 is 11.6 Å². The third-order valence-corrected chi connectivity index (χ3v) is 10.8. The molecule has 0 aromatic heterocycles. The summed E-state index contributed by atoms with van der Waals surface area (Å²) in [5.74, 6) is 3.86. The first-order valence-corrected chi connectivity index (χ1v) is 13.6. The molecule has 36 heavy (non-hydrogen) atoms. The van der Waals surface area contributed by atoms with E-state index in [2.05, 4.69) is 31.0 Å². The number of methoxy groups -OCH3 is 1. The molecule has 1 aliphatic heterocycles. The number of hydrogen-bond acceptors (Lipinski definition) is 6. The Morgan fingerprint density at radius 1 is 1.17 bits per heavy atom. The van der Waals surface area contributed by atoms with E-state index >= 15 is 0 Å². The van der Waals surface area contributed by atoms with Crippen LogP contribution >= 0.6 is 0 Å². The average molecular weight is 497 g/mol. The van der Waals surface area contributed by atoms with E-state index in [1.54, 1.807) is 4.90 Å². The van der Waals surface area contributed by atoms with Crippen molar-refractivity contribution in [3.8, 4) is 12.3 Å². The SMILES string of the molecule is C#C[C@@]1(O)CC[C@@H]2[C@@H]3CCC4=C/C(=N\OCC(=O)N5CCC[C@@H]5C(=O)OC)CC[C@]4(C)[C@H]3CC[C@@]21C. The Labute approximate surface area is 214 Å². The van der Waals surface area contributed by atoms with Crippen molar-refractivity contribution in [2.45, 2.75) is 89.7 Å². The Morgan fingerprint density at radius 3 is 2.69 bits per heavy atom. The lowest BCUT2D eigenvalue weighted by atomic mass is 9.46. The molecule has 0 unspecified atom stereocenters. The van der Waals surface area contributed by atoms with Crippen molar-refractivity contribution in [1.29, 1.82) is 0 Å². The molecule has 0 aromatic carbocycles. The second-order valence-corrected chi connectivity index (χ2v) is 12.1. The fraction of sp³-hybridized carbons (Fsp3) is 0.759. The van der Waals surface area contributed by atoms with E-state index in [0.29, 0.717) is 30.7 Å². The minimum atomic E-state index is -0.966. The maximum atomic E-state index is 12.6. The summed E-state index contributed by atoms with van der Waals surface area (Å²) in [5.41, 5.74) is 1.33. The van der Waals surface area contributed by atoms with Crippen LogP contribution in [0.25, 0.3) is 0 Å². The number of amides is 1. The summed E-state index contributed by atoms with van der Waals surface area (Å²) in [6.07, 6.45) is 17.3. The second-order valence-electron chi connectivity index (χ2n) is 12.1. The first-order chi connectivity index (χ1) is 17.2. The van der Waals surface area contributed by atoms with Crippen molar-refractivity contribution in [3.05, 3.63) is 11.6 Å². The fourth-order valence-corrected chi connectivity index (χ4v) is 8.60. The number of terminal acetylenes is 1. The van der Waals surface area contributed by atoms with E-state index in [4.69, 9.17) is 16.0 Å². The normalized spacial score (nSPS) is 42.6. The van der Waals surface area contributed by atoms with E-state index in [9.17, 15) is 14.7 Å². The number of carbonyl (C=O) groups excluding carboxylic acids is 2. The average Bonchev–Trinajstić information content (AvgIpc) is 3.47. The van der Waals surface area contributed by atoms with Crippen LogP contribution in [0.1, 0.15) is 78.1 Å². The van der Waals surface area contributed by atoms with Gasteiger partial charge in [0.1, 0.15) is 11.6 Å². The highest BCUT2D eigenvalue weighted by Gasteiger charge is 2.63. The molecule has 4 fully saturated rings. The number of nitrogens with zero attached hydrogens (tertiary/aromatic N) is 2. The van der Waals surface area contributed by atoms with Crippen LogP contribution in [0.2, 0.25) is 0 Å². The highest BCUT2D eigenvalue weighted by molar-refractivity contribution is 5.96. The zero-order chi connectivity index (χ0) is 25.7. The van der Waals surface area contributed by atoms with Crippen LogP contribution in [0, 0.1) is 40.9 Å². The number of hydrogen-bond donors (Lipinski definition) is 1. The van der Waals surface area contributed by atoms with Gasteiger partial charge in [-0.2, -0.15) is 0 Å². The number of oxime groups is 1. The van der Waals surface area contributed by atoms with Crippen molar-refractivity contribution < 1.29 is 24.3 Å². The zero-order valence-electron chi connectivity index (χ0n) is 21.9. The van der Waals surface area contributed by atoms with Gasteiger partial charge in [-0.25, -0.2) is 4.79 Å². The Kier molecular flexibility index (Phi) is 6.47. The summed E-state index contributed by atoms with van der Waals surface area (Å²) in [6, 6.07) is -0.514. The van der Waals surface area contributed by atoms with Crippen molar-refractivity contribution in [2.75, 3.05) is 20.3 Å². The number of allylic oxidation sites excluding steroid dienone is 2. The lowest BCUT2D eigenvalue weighted by Gasteiger charge is -2.58. The van der Waals surface area contributed by atoms with Gasteiger partial charge < -0.3 is 19.6 Å². The first-order valence-electron chi connectivity index (χ1n) is 13.6. The number of fused-ring (bicyclic) bond motifs is 5.